The van der Waals surface area contributed by atoms with Gasteiger partial charge in [-0.3, -0.25) is 4.79 Å². The second-order valence-corrected chi connectivity index (χ2v) is 6.32. The average Bonchev–Trinajstić information content (AvgIpc) is 2.62. The Balaban J connectivity index is 2.27. The molecule has 0 bridgehead atoms. The first-order valence-electron chi connectivity index (χ1n) is 4.24. The van der Waals surface area contributed by atoms with Crippen LogP contribution in [0.1, 0.15) is 9.67 Å². The fourth-order valence-electron chi connectivity index (χ4n) is 1.03. The number of carbonyl (C=O) groups excluding carboxylic acids is 1. The largest absolute Gasteiger partial charge is 0.297 e. The molecule has 0 amide bonds. The third kappa shape index (κ3) is 2.66. The second-order valence-electron chi connectivity index (χ2n) is 2.79. The summed E-state index contributed by atoms with van der Waals surface area (Å²) in [6, 6.07) is 7.82. The number of carbonyl (C=O) groups is 1. The van der Waals surface area contributed by atoms with Crippen LogP contribution in [-0.2, 0) is 0 Å². The van der Waals surface area contributed by atoms with Gasteiger partial charge in [-0.15, -0.1) is 11.3 Å². The number of hydrogen-bond acceptors (Lipinski definition) is 4. The van der Waals surface area contributed by atoms with Crippen molar-refractivity contribution < 1.29 is 4.79 Å². The van der Waals surface area contributed by atoms with Crippen LogP contribution in [0, 0.1) is 0 Å². The van der Waals surface area contributed by atoms with Crippen molar-refractivity contribution in [2.24, 2.45) is 0 Å². The van der Waals surface area contributed by atoms with E-state index in [2.05, 4.69) is 20.9 Å². The van der Waals surface area contributed by atoms with Crippen molar-refractivity contribution >= 4 is 56.9 Å². The molecule has 1 aromatic heterocycles. The van der Waals surface area contributed by atoms with Crippen molar-refractivity contribution in [2.45, 2.75) is 9.24 Å². The summed E-state index contributed by atoms with van der Waals surface area (Å²) in [5.41, 5.74) is 0. The number of hydrogen-bond donors (Lipinski definition) is 0. The average molecular weight is 335 g/mol. The first-order valence-corrected chi connectivity index (χ1v) is 7.05. The molecule has 0 fully saturated rings. The molecule has 0 aliphatic heterocycles. The van der Waals surface area contributed by atoms with E-state index >= 15 is 0 Å². The van der Waals surface area contributed by atoms with E-state index in [1.807, 2.05) is 24.3 Å². The first kappa shape index (κ1) is 12.1. The lowest BCUT2D eigenvalue weighted by atomic mass is 10.4. The van der Waals surface area contributed by atoms with Crippen molar-refractivity contribution in [3.8, 4) is 0 Å². The highest BCUT2D eigenvalue weighted by Crippen LogP contribution is 2.37. The Bertz CT molecular complexity index is 529. The predicted molar refractivity (Wildman–Crippen MR) is 70.8 cm³/mol. The maximum atomic E-state index is 10.6. The Hall–Kier alpha value is -0.360. The Morgan fingerprint density at radius 3 is 2.81 bits per heavy atom. The Labute approximate surface area is 114 Å². The summed E-state index contributed by atoms with van der Waals surface area (Å²) in [4.78, 5) is 16.3. The second kappa shape index (κ2) is 5.31. The van der Waals surface area contributed by atoms with E-state index in [4.69, 9.17) is 11.6 Å². The molecule has 2 nitrogen and oxygen atoms in total. The van der Waals surface area contributed by atoms with E-state index in [1.165, 1.54) is 23.1 Å². The normalized spacial score (nSPS) is 10.4. The van der Waals surface area contributed by atoms with Crippen LogP contribution in [0.15, 0.2) is 38.0 Å². The van der Waals surface area contributed by atoms with Gasteiger partial charge in [-0.1, -0.05) is 35.5 Å². The molecular weight excluding hydrogens is 330 g/mol. The van der Waals surface area contributed by atoms with Crippen LogP contribution in [-0.4, -0.2) is 11.3 Å². The van der Waals surface area contributed by atoms with Gasteiger partial charge in [0.15, 0.2) is 15.8 Å². The molecule has 0 saturated heterocycles. The minimum Gasteiger partial charge on any atom is -0.297 e. The van der Waals surface area contributed by atoms with Gasteiger partial charge in [-0.25, -0.2) is 4.98 Å². The lowest BCUT2D eigenvalue weighted by molar-refractivity contribution is 0.112. The molecule has 2 rings (SSSR count). The van der Waals surface area contributed by atoms with Crippen LogP contribution < -0.4 is 0 Å². The van der Waals surface area contributed by atoms with Crippen molar-refractivity contribution in [2.75, 3.05) is 0 Å². The summed E-state index contributed by atoms with van der Waals surface area (Å²) in [6.07, 6.45) is 0.726. The van der Waals surface area contributed by atoms with Gasteiger partial charge in [0.25, 0.3) is 0 Å². The third-order valence-corrected chi connectivity index (χ3v) is 5.20. The molecule has 0 aliphatic rings. The Morgan fingerprint density at radius 1 is 1.44 bits per heavy atom. The monoisotopic (exact) mass is 333 g/mol. The molecule has 0 N–H and O–H groups in total. The Morgan fingerprint density at radius 2 is 2.19 bits per heavy atom. The number of rotatable bonds is 3. The van der Waals surface area contributed by atoms with Crippen molar-refractivity contribution in [3.05, 3.63) is 38.8 Å². The SMILES string of the molecule is O=Cc1sc(Sc2ccccc2Br)nc1Cl. The number of aromatic nitrogens is 1. The zero-order valence-corrected chi connectivity index (χ0v) is 11.8. The van der Waals surface area contributed by atoms with E-state index < -0.39 is 0 Å². The van der Waals surface area contributed by atoms with Gasteiger partial charge in [-0.05, 0) is 28.1 Å². The van der Waals surface area contributed by atoms with Gasteiger partial charge < -0.3 is 0 Å². The summed E-state index contributed by atoms with van der Waals surface area (Å²) in [7, 11) is 0. The molecule has 1 aromatic carbocycles. The minimum atomic E-state index is 0.273. The van der Waals surface area contributed by atoms with Crippen LogP contribution in [0.3, 0.4) is 0 Å². The topological polar surface area (TPSA) is 30.0 Å². The molecule has 16 heavy (non-hydrogen) atoms. The maximum Gasteiger partial charge on any atom is 0.163 e. The van der Waals surface area contributed by atoms with E-state index in [9.17, 15) is 4.79 Å². The zero-order valence-electron chi connectivity index (χ0n) is 7.81. The summed E-state index contributed by atoms with van der Waals surface area (Å²) in [5, 5.41) is 0.273. The summed E-state index contributed by atoms with van der Waals surface area (Å²) in [5.74, 6) is 0. The molecule has 0 spiro atoms. The molecule has 0 saturated carbocycles. The zero-order chi connectivity index (χ0) is 11.5. The van der Waals surface area contributed by atoms with E-state index in [1.54, 1.807) is 0 Å². The van der Waals surface area contributed by atoms with Crippen molar-refractivity contribution in [1.29, 1.82) is 0 Å². The quantitative estimate of drug-likeness (QED) is 0.773. The van der Waals surface area contributed by atoms with Crippen LogP contribution in [0.25, 0.3) is 0 Å². The summed E-state index contributed by atoms with van der Waals surface area (Å²) in [6.45, 7) is 0. The first-order chi connectivity index (χ1) is 7.70. The van der Waals surface area contributed by atoms with Gasteiger partial charge in [0.1, 0.15) is 4.88 Å². The molecule has 0 radical (unpaired) electrons. The third-order valence-electron chi connectivity index (χ3n) is 1.73. The molecular formula is C10H5BrClNOS2. The van der Waals surface area contributed by atoms with Crippen LogP contribution in [0.5, 0.6) is 0 Å². The highest BCUT2D eigenvalue weighted by molar-refractivity contribution is 9.10. The van der Waals surface area contributed by atoms with Gasteiger partial charge in [0.2, 0.25) is 0 Å². The van der Waals surface area contributed by atoms with E-state index in [-0.39, 0.29) is 5.15 Å². The number of benzene rings is 1. The van der Waals surface area contributed by atoms with Crippen molar-refractivity contribution in [1.82, 2.24) is 4.98 Å². The molecule has 2 aromatic rings. The smallest absolute Gasteiger partial charge is 0.163 e. The maximum absolute atomic E-state index is 10.6. The standard InChI is InChI=1S/C10H5BrClNOS2/c11-6-3-1-2-4-7(6)15-10-13-9(12)8(5-14)16-10/h1-5H. The molecule has 0 atom stereocenters. The molecule has 82 valence electrons. The molecule has 1 heterocycles. The number of thiazole rings is 1. The highest BCUT2D eigenvalue weighted by Gasteiger charge is 2.10. The number of aldehydes is 1. The van der Waals surface area contributed by atoms with Crippen molar-refractivity contribution in [3.63, 3.8) is 0 Å². The van der Waals surface area contributed by atoms with Crippen LogP contribution >= 0.6 is 50.6 Å². The number of halogens is 2. The van der Waals surface area contributed by atoms with Crippen LogP contribution in [0.2, 0.25) is 5.15 Å². The number of nitrogens with zero attached hydrogens (tertiary/aromatic N) is 1. The predicted octanol–water partition coefficient (Wildman–Crippen LogP) is 4.52. The minimum absolute atomic E-state index is 0.273. The lowest BCUT2D eigenvalue weighted by Crippen LogP contribution is -1.74. The fourth-order valence-corrected chi connectivity index (χ4v) is 3.75. The van der Waals surface area contributed by atoms with Gasteiger partial charge in [0.05, 0.1) is 0 Å². The lowest BCUT2D eigenvalue weighted by Gasteiger charge is -1.99. The molecule has 0 unspecified atom stereocenters. The summed E-state index contributed by atoms with van der Waals surface area (Å²) < 4.78 is 1.76. The fraction of sp³-hybridized carbons (Fsp3) is 0. The molecule has 0 aliphatic carbocycles. The van der Waals surface area contributed by atoms with Crippen LogP contribution in [0.4, 0.5) is 0 Å². The van der Waals surface area contributed by atoms with E-state index in [0.29, 0.717) is 4.88 Å². The molecule has 6 heteroatoms. The Kier molecular flexibility index (Phi) is 4.02. The highest BCUT2D eigenvalue weighted by atomic mass is 79.9. The van der Waals surface area contributed by atoms with E-state index in [0.717, 1.165) is 20.0 Å². The van der Waals surface area contributed by atoms with Gasteiger partial charge in [0, 0.05) is 9.37 Å². The van der Waals surface area contributed by atoms with Gasteiger partial charge in [-0.2, -0.15) is 0 Å². The van der Waals surface area contributed by atoms with Gasteiger partial charge >= 0.3 is 0 Å². The summed E-state index contributed by atoms with van der Waals surface area (Å²) >= 11 is 12.0.